The Balaban J connectivity index is 1.32. The molecule has 0 aromatic heterocycles. The van der Waals surface area contributed by atoms with Gasteiger partial charge in [0.25, 0.3) is 0 Å². The molecule has 144 valence electrons. The first-order chi connectivity index (χ1) is 13.2. The number of carbonyl (C=O) groups excluding carboxylic acids is 1. The van der Waals surface area contributed by atoms with E-state index in [1.165, 1.54) is 10.8 Å². The third-order valence-corrected chi connectivity index (χ3v) is 6.37. The van der Waals surface area contributed by atoms with Crippen LogP contribution in [0.2, 0.25) is 0 Å². The van der Waals surface area contributed by atoms with Crippen LogP contribution in [-0.2, 0) is 16.0 Å². The second-order valence-corrected chi connectivity index (χ2v) is 7.90. The Morgan fingerprint density at radius 2 is 1.67 bits per heavy atom. The average Bonchev–Trinajstić information content (AvgIpc) is 2.74. The summed E-state index contributed by atoms with van der Waals surface area (Å²) in [5.41, 5.74) is 1.14. The molecule has 0 saturated carbocycles. The minimum atomic E-state index is 0.267. The van der Waals surface area contributed by atoms with Crippen molar-refractivity contribution in [3.8, 4) is 0 Å². The number of hydrogen-bond donors (Lipinski definition) is 0. The molecular weight excluding hydrogens is 336 g/mol. The van der Waals surface area contributed by atoms with Gasteiger partial charge in [-0.3, -0.25) is 4.79 Å². The van der Waals surface area contributed by atoms with Crippen molar-refractivity contribution in [1.29, 1.82) is 0 Å². The molecule has 0 atom stereocenters. The zero-order valence-electron chi connectivity index (χ0n) is 16.3. The largest absolute Gasteiger partial charge is 0.381 e. The Labute approximate surface area is 162 Å². The van der Waals surface area contributed by atoms with Crippen molar-refractivity contribution in [1.82, 2.24) is 9.80 Å². The van der Waals surface area contributed by atoms with Crippen LogP contribution in [0.5, 0.6) is 0 Å². The van der Waals surface area contributed by atoms with Crippen LogP contribution in [0.1, 0.15) is 31.2 Å². The maximum Gasteiger partial charge on any atom is 0.227 e. The highest BCUT2D eigenvalue weighted by atomic mass is 16.5. The fourth-order valence-electron chi connectivity index (χ4n) is 4.68. The molecule has 1 amide bonds. The second-order valence-electron chi connectivity index (χ2n) is 7.90. The van der Waals surface area contributed by atoms with Crippen LogP contribution < -0.4 is 0 Å². The summed E-state index contributed by atoms with van der Waals surface area (Å²) in [6, 6.07) is 15.2. The molecule has 2 aliphatic heterocycles. The number of amides is 1. The molecule has 0 radical (unpaired) electrons. The topological polar surface area (TPSA) is 32.8 Å². The molecule has 2 fully saturated rings. The monoisotopic (exact) mass is 366 g/mol. The van der Waals surface area contributed by atoms with E-state index in [-0.39, 0.29) is 5.91 Å². The normalized spacial score (nSPS) is 20.3. The van der Waals surface area contributed by atoms with Gasteiger partial charge in [-0.25, -0.2) is 0 Å². The molecule has 27 heavy (non-hydrogen) atoms. The van der Waals surface area contributed by atoms with Gasteiger partial charge in [-0.1, -0.05) is 42.5 Å². The summed E-state index contributed by atoms with van der Waals surface area (Å²) < 4.78 is 5.48. The third-order valence-electron chi connectivity index (χ3n) is 6.37. The Hall–Kier alpha value is -1.91. The first-order valence-electron chi connectivity index (χ1n) is 10.3. The summed E-state index contributed by atoms with van der Waals surface area (Å²) in [5, 5.41) is 2.41. The van der Waals surface area contributed by atoms with Gasteiger partial charge in [-0.05, 0) is 42.0 Å². The van der Waals surface area contributed by atoms with Gasteiger partial charge < -0.3 is 14.5 Å². The van der Waals surface area contributed by atoms with Gasteiger partial charge in [-0.2, -0.15) is 0 Å². The van der Waals surface area contributed by atoms with Crippen LogP contribution >= 0.6 is 0 Å². The number of piperidine rings is 2. The minimum absolute atomic E-state index is 0.267. The van der Waals surface area contributed by atoms with Crippen molar-refractivity contribution in [2.24, 2.45) is 0 Å². The van der Waals surface area contributed by atoms with E-state index in [4.69, 9.17) is 4.74 Å². The van der Waals surface area contributed by atoms with Crippen LogP contribution in [0.25, 0.3) is 10.8 Å². The van der Waals surface area contributed by atoms with Crippen molar-refractivity contribution in [3.63, 3.8) is 0 Å². The van der Waals surface area contributed by atoms with Crippen molar-refractivity contribution in [2.75, 3.05) is 33.3 Å². The van der Waals surface area contributed by atoms with Gasteiger partial charge in [0, 0.05) is 39.3 Å². The maximum atomic E-state index is 12.9. The fraction of sp³-hybridized carbons (Fsp3) is 0.522. The number of rotatable bonds is 4. The highest BCUT2D eigenvalue weighted by Crippen LogP contribution is 2.24. The number of benzene rings is 2. The summed E-state index contributed by atoms with van der Waals surface area (Å²) in [5.74, 6) is 0.267. The number of ether oxygens (including phenoxy) is 1. The third kappa shape index (κ3) is 4.17. The first kappa shape index (κ1) is 18.5. The van der Waals surface area contributed by atoms with Crippen LogP contribution in [0.4, 0.5) is 0 Å². The molecular formula is C23H30N2O2. The predicted molar refractivity (Wildman–Crippen MR) is 109 cm³/mol. The van der Waals surface area contributed by atoms with E-state index < -0.39 is 0 Å². The molecule has 4 rings (SSSR count). The Kier molecular flexibility index (Phi) is 5.74. The lowest BCUT2D eigenvalue weighted by Gasteiger charge is -2.41. The molecule has 2 aromatic carbocycles. The van der Waals surface area contributed by atoms with Crippen molar-refractivity contribution < 1.29 is 9.53 Å². The van der Waals surface area contributed by atoms with E-state index in [1.54, 1.807) is 0 Å². The fourth-order valence-corrected chi connectivity index (χ4v) is 4.68. The van der Waals surface area contributed by atoms with Gasteiger partial charge in [0.1, 0.15) is 0 Å². The molecule has 4 heteroatoms. The summed E-state index contributed by atoms with van der Waals surface area (Å²) >= 11 is 0. The van der Waals surface area contributed by atoms with E-state index in [9.17, 15) is 4.79 Å². The molecule has 2 aliphatic rings. The standard InChI is InChI=1S/C23H30N2O2/c1-27-21-11-15-24(16-12-21)20-9-13-25(14-10-20)23(26)17-19-7-4-6-18-5-2-3-8-22(18)19/h2-8,20-21H,9-17H2,1H3. The molecule has 2 saturated heterocycles. The molecule has 0 spiro atoms. The van der Waals surface area contributed by atoms with E-state index in [0.29, 0.717) is 18.6 Å². The molecule has 2 heterocycles. The van der Waals surface area contributed by atoms with Crippen LogP contribution in [0.3, 0.4) is 0 Å². The number of fused-ring (bicyclic) bond motifs is 1. The summed E-state index contributed by atoms with van der Waals surface area (Å²) in [6.45, 7) is 4.04. The number of likely N-dealkylation sites (tertiary alicyclic amines) is 2. The van der Waals surface area contributed by atoms with Gasteiger partial charge in [0.15, 0.2) is 0 Å². The van der Waals surface area contributed by atoms with Crippen LogP contribution in [0.15, 0.2) is 42.5 Å². The van der Waals surface area contributed by atoms with E-state index in [2.05, 4.69) is 46.2 Å². The number of methoxy groups -OCH3 is 1. The van der Waals surface area contributed by atoms with Crippen LogP contribution in [0, 0.1) is 0 Å². The average molecular weight is 367 g/mol. The molecule has 0 aliphatic carbocycles. The Bertz CT molecular complexity index is 770. The molecule has 0 bridgehead atoms. The number of nitrogens with zero attached hydrogens (tertiary/aromatic N) is 2. The van der Waals surface area contributed by atoms with Gasteiger partial charge >= 0.3 is 0 Å². The van der Waals surface area contributed by atoms with Crippen molar-refractivity contribution in [2.45, 2.75) is 44.2 Å². The lowest BCUT2D eigenvalue weighted by atomic mass is 9.97. The van der Waals surface area contributed by atoms with Crippen LogP contribution in [-0.4, -0.2) is 61.1 Å². The summed E-state index contributed by atoms with van der Waals surface area (Å²) in [6.07, 6.45) is 5.40. The van der Waals surface area contributed by atoms with Gasteiger partial charge in [0.2, 0.25) is 5.91 Å². The predicted octanol–water partition coefficient (Wildman–Crippen LogP) is 3.48. The molecule has 2 aromatic rings. The number of carbonyl (C=O) groups is 1. The summed E-state index contributed by atoms with van der Waals surface area (Å²) in [7, 11) is 1.82. The maximum absolute atomic E-state index is 12.9. The zero-order valence-corrected chi connectivity index (χ0v) is 16.3. The molecule has 0 unspecified atom stereocenters. The van der Waals surface area contributed by atoms with E-state index in [1.807, 2.05) is 13.2 Å². The first-order valence-corrected chi connectivity index (χ1v) is 10.3. The van der Waals surface area contributed by atoms with Crippen molar-refractivity contribution >= 4 is 16.7 Å². The smallest absolute Gasteiger partial charge is 0.227 e. The highest BCUT2D eigenvalue weighted by molar-refractivity contribution is 5.90. The van der Waals surface area contributed by atoms with E-state index in [0.717, 1.165) is 57.4 Å². The van der Waals surface area contributed by atoms with Crippen molar-refractivity contribution in [3.05, 3.63) is 48.0 Å². The minimum Gasteiger partial charge on any atom is -0.381 e. The SMILES string of the molecule is COC1CCN(C2CCN(C(=O)Cc3cccc4ccccc34)CC2)CC1. The highest BCUT2D eigenvalue weighted by Gasteiger charge is 2.29. The zero-order chi connectivity index (χ0) is 18.6. The van der Waals surface area contributed by atoms with Gasteiger partial charge in [0.05, 0.1) is 12.5 Å². The Morgan fingerprint density at radius 1 is 0.963 bits per heavy atom. The number of hydrogen-bond acceptors (Lipinski definition) is 3. The van der Waals surface area contributed by atoms with Gasteiger partial charge in [-0.15, -0.1) is 0 Å². The van der Waals surface area contributed by atoms with E-state index >= 15 is 0 Å². The quantitative estimate of drug-likeness (QED) is 0.830. The molecule has 0 N–H and O–H groups in total. The lowest BCUT2D eigenvalue weighted by molar-refractivity contribution is -0.132. The summed E-state index contributed by atoms with van der Waals surface area (Å²) in [4.78, 5) is 17.6. The lowest BCUT2D eigenvalue weighted by Crippen LogP contribution is -2.50. The second kappa shape index (κ2) is 8.41. The Morgan fingerprint density at radius 3 is 2.41 bits per heavy atom. The molecule has 4 nitrogen and oxygen atoms in total.